The first kappa shape index (κ1) is 13.0. The Balaban J connectivity index is 1.55. The number of hydrogen-bond donors (Lipinski definition) is 1. The second-order valence-corrected chi connectivity index (χ2v) is 5.65. The van der Waals surface area contributed by atoms with Crippen LogP contribution in [0.2, 0.25) is 0 Å². The Hall–Kier alpha value is -1.96. The molecule has 20 heavy (non-hydrogen) atoms. The maximum Gasteiger partial charge on any atom is 0.119 e. The summed E-state index contributed by atoms with van der Waals surface area (Å²) in [5, 5.41) is 3.59. The van der Waals surface area contributed by atoms with Gasteiger partial charge in [-0.3, -0.25) is 0 Å². The number of ether oxygens (including phenoxy) is 1. The fourth-order valence-corrected chi connectivity index (χ4v) is 2.85. The molecule has 0 bridgehead atoms. The van der Waals surface area contributed by atoms with Crippen LogP contribution in [-0.2, 0) is 0 Å². The number of nitrogens with one attached hydrogen (secondary N) is 1. The van der Waals surface area contributed by atoms with Gasteiger partial charge in [-0.25, -0.2) is 0 Å². The van der Waals surface area contributed by atoms with Crippen molar-refractivity contribution in [3.63, 3.8) is 0 Å². The van der Waals surface area contributed by atoms with E-state index in [4.69, 9.17) is 4.74 Å². The van der Waals surface area contributed by atoms with Gasteiger partial charge < -0.3 is 10.1 Å². The van der Waals surface area contributed by atoms with Gasteiger partial charge in [0.2, 0.25) is 0 Å². The normalized spacial score (nSPS) is 21.1. The number of hydrogen-bond acceptors (Lipinski definition) is 2. The van der Waals surface area contributed by atoms with Crippen molar-refractivity contribution in [2.75, 3.05) is 12.4 Å². The summed E-state index contributed by atoms with van der Waals surface area (Å²) in [4.78, 5) is 0. The van der Waals surface area contributed by atoms with E-state index in [9.17, 15) is 0 Å². The smallest absolute Gasteiger partial charge is 0.119 e. The highest BCUT2D eigenvalue weighted by molar-refractivity contribution is 5.48. The summed E-state index contributed by atoms with van der Waals surface area (Å²) >= 11 is 0. The van der Waals surface area contributed by atoms with Crippen LogP contribution in [0.4, 0.5) is 5.69 Å². The van der Waals surface area contributed by atoms with Crippen LogP contribution in [0.25, 0.3) is 0 Å². The van der Waals surface area contributed by atoms with Crippen LogP contribution in [0.3, 0.4) is 0 Å². The Kier molecular flexibility index (Phi) is 3.64. The van der Waals surface area contributed by atoms with Crippen molar-refractivity contribution in [3.8, 4) is 5.75 Å². The van der Waals surface area contributed by atoms with E-state index in [1.807, 2.05) is 12.1 Å². The highest BCUT2D eigenvalue weighted by Crippen LogP contribution is 2.38. The first-order valence-electron chi connectivity index (χ1n) is 7.22. The van der Waals surface area contributed by atoms with Gasteiger partial charge in [-0.2, -0.15) is 0 Å². The van der Waals surface area contributed by atoms with Gasteiger partial charge in [-0.1, -0.05) is 29.8 Å². The third-order valence-corrected chi connectivity index (χ3v) is 4.11. The molecule has 0 amide bonds. The zero-order valence-corrected chi connectivity index (χ0v) is 12.1. The third-order valence-electron chi connectivity index (χ3n) is 4.11. The molecular formula is C18H21NO. The Bertz CT molecular complexity index is 570. The predicted molar refractivity (Wildman–Crippen MR) is 83.6 cm³/mol. The maximum atomic E-state index is 5.17. The topological polar surface area (TPSA) is 21.3 Å². The molecular weight excluding hydrogens is 246 g/mol. The van der Waals surface area contributed by atoms with E-state index in [1.54, 1.807) is 7.11 Å². The summed E-state index contributed by atoms with van der Waals surface area (Å²) in [6.45, 7) is 2.16. The van der Waals surface area contributed by atoms with Crippen LogP contribution in [0.5, 0.6) is 5.75 Å². The lowest BCUT2D eigenvalue weighted by atomic mass is 9.75. The van der Waals surface area contributed by atoms with Crippen LogP contribution in [0.15, 0.2) is 48.5 Å². The van der Waals surface area contributed by atoms with Gasteiger partial charge in [0.15, 0.2) is 0 Å². The van der Waals surface area contributed by atoms with E-state index in [2.05, 4.69) is 48.6 Å². The molecule has 2 aromatic rings. The van der Waals surface area contributed by atoms with Crippen molar-refractivity contribution >= 4 is 5.69 Å². The molecule has 0 unspecified atom stereocenters. The molecule has 0 radical (unpaired) electrons. The van der Waals surface area contributed by atoms with E-state index in [0.29, 0.717) is 12.0 Å². The zero-order valence-electron chi connectivity index (χ0n) is 12.1. The van der Waals surface area contributed by atoms with Crippen molar-refractivity contribution in [3.05, 3.63) is 59.7 Å². The van der Waals surface area contributed by atoms with Gasteiger partial charge >= 0.3 is 0 Å². The van der Waals surface area contributed by atoms with E-state index in [1.165, 1.54) is 29.7 Å². The van der Waals surface area contributed by atoms with Gasteiger partial charge in [0.05, 0.1) is 7.11 Å². The molecule has 1 aliphatic rings. The zero-order chi connectivity index (χ0) is 13.9. The largest absolute Gasteiger partial charge is 0.497 e. The lowest BCUT2D eigenvalue weighted by molar-refractivity contribution is 0.374. The van der Waals surface area contributed by atoms with Crippen molar-refractivity contribution in [1.29, 1.82) is 0 Å². The minimum atomic E-state index is 0.592. The number of benzene rings is 2. The Labute approximate surface area is 120 Å². The summed E-state index contributed by atoms with van der Waals surface area (Å²) in [6.07, 6.45) is 2.44. The SMILES string of the molecule is COc1ccc(NC2CC(c3cccc(C)c3)C2)cc1. The minimum absolute atomic E-state index is 0.592. The number of rotatable bonds is 4. The molecule has 0 heterocycles. The molecule has 2 heteroatoms. The molecule has 0 aliphatic heterocycles. The van der Waals surface area contributed by atoms with Gasteiger partial charge in [-0.15, -0.1) is 0 Å². The molecule has 3 rings (SSSR count). The first-order chi connectivity index (χ1) is 9.74. The van der Waals surface area contributed by atoms with Crippen molar-refractivity contribution < 1.29 is 4.74 Å². The van der Waals surface area contributed by atoms with Crippen LogP contribution < -0.4 is 10.1 Å². The average molecular weight is 267 g/mol. The summed E-state index contributed by atoms with van der Waals surface area (Å²) in [5.41, 5.74) is 4.02. The second kappa shape index (κ2) is 5.58. The fraction of sp³-hybridized carbons (Fsp3) is 0.333. The van der Waals surface area contributed by atoms with Crippen molar-refractivity contribution in [2.45, 2.75) is 31.7 Å². The highest BCUT2D eigenvalue weighted by Gasteiger charge is 2.30. The molecule has 0 saturated heterocycles. The second-order valence-electron chi connectivity index (χ2n) is 5.65. The molecule has 0 atom stereocenters. The molecule has 1 fully saturated rings. The molecule has 1 N–H and O–H groups in total. The molecule has 1 saturated carbocycles. The fourth-order valence-electron chi connectivity index (χ4n) is 2.85. The van der Waals surface area contributed by atoms with Gasteiger partial charge in [-0.05, 0) is 55.5 Å². The lowest BCUT2D eigenvalue weighted by Gasteiger charge is -2.37. The molecule has 2 aromatic carbocycles. The Morgan fingerprint density at radius 3 is 2.45 bits per heavy atom. The molecule has 0 spiro atoms. The molecule has 1 aliphatic carbocycles. The predicted octanol–water partition coefficient (Wildman–Crippen LogP) is 4.36. The van der Waals surface area contributed by atoms with E-state index in [0.717, 1.165) is 5.75 Å². The third kappa shape index (κ3) is 2.79. The van der Waals surface area contributed by atoms with E-state index < -0.39 is 0 Å². The summed E-state index contributed by atoms with van der Waals surface area (Å²) < 4.78 is 5.17. The van der Waals surface area contributed by atoms with Crippen molar-refractivity contribution in [1.82, 2.24) is 0 Å². The number of methoxy groups -OCH3 is 1. The monoisotopic (exact) mass is 267 g/mol. The van der Waals surface area contributed by atoms with Crippen molar-refractivity contribution in [2.24, 2.45) is 0 Å². The molecule has 2 nitrogen and oxygen atoms in total. The molecule has 104 valence electrons. The summed E-state index contributed by atoms with van der Waals surface area (Å²) in [5.74, 6) is 1.62. The number of aryl methyl sites for hydroxylation is 1. The van der Waals surface area contributed by atoms with E-state index >= 15 is 0 Å². The summed E-state index contributed by atoms with van der Waals surface area (Å²) in [6, 6.07) is 17.6. The number of anilines is 1. The van der Waals surface area contributed by atoms with Gasteiger partial charge in [0.25, 0.3) is 0 Å². The summed E-state index contributed by atoms with van der Waals surface area (Å²) in [7, 11) is 1.70. The standard InChI is InChI=1S/C18H21NO/c1-13-4-3-5-14(10-13)15-11-17(12-15)19-16-6-8-18(20-2)9-7-16/h3-10,15,17,19H,11-12H2,1-2H3. The maximum absolute atomic E-state index is 5.17. The van der Waals surface area contributed by atoms with E-state index in [-0.39, 0.29) is 0 Å². The van der Waals surface area contributed by atoms with Crippen LogP contribution in [0, 0.1) is 6.92 Å². The Morgan fingerprint density at radius 1 is 1.05 bits per heavy atom. The van der Waals surface area contributed by atoms with Gasteiger partial charge in [0.1, 0.15) is 5.75 Å². The van der Waals surface area contributed by atoms with Crippen LogP contribution >= 0.6 is 0 Å². The van der Waals surface area contributed by atoms with Crippen LogP contribution in [-0.4, -0.2) is 13.2 Å². The lowest BCUT2D eigenvalue weighted by Crippen LogP contribution is -2.33. The average Bonchev–Trinajstić information content (AvgIpc) is 2.43. The Morgan fingerprint density at radius 2 is 1.80 bits per heavy atom. The molecule has 0 aromatic heterocycles. The van der Waals surface area contributed by atoms with Gasteiger partial charge in [0, 0.05) is 11.7 Å². The first-order valence-corrected chi connectivity index (χ1v) is 7.22. The highest BCUT2D eigenvalue weighted by atomic mass is 16.5. The minimum Gasteiger partial charge on any atom is -0.497 e. The quantitative estimate of drug-likeness (QED) is 0.888. The van der Waals surface area contributed by atoms with Crippen LogP contribution in [0.1, 0.15) is 29.9 Å².